The van der Waals surface area contributed by atoms with Crippen LogP contribution in [0, 0.1) is 28.5 Å². The minimum absolute atomic E-state index is 0.0954. The maximum atomic E-state index is 13.4. The molecule has 5 heteroatoms. The number of carbonyl (C=O) groups is 1. The second-order valence-electron chi connectivity index (χ2n) is 6.81. The molecule has 1 N–H and O–H groups in total. The molecule has 1 saturated heterocycles. The molecule has 1 aromatic rings. The summed E-state index contributed by atoms with van der Waals surface area (Å²) in [6.07, 6.45) is 4.23. The van der Waals surface area contributed by atoms with Gasteiger partial charge in [0.25, 0.3) is 0 Å². The second-order valence-corrected chi connectivity index (χ2v) is 6.81. The minimum Gasteiger partial charge on any atom is -0.359 e. The Hall–Kier alpha value is -1.93. The molecule has 1 spiro atoms. The fourth-order valence-electron chi connectivity index (χ4n) is 4.34. The average molecular weight is 315 g/mol. The monoisotopic (exact) mass is 315 g/mol. The Morgan fingerprint density at radius 1 is 1.52 bits per heavy atom. The van der Waals surface area contributed by atoms with Gasteiger partial charge in [-0.3, -0.25) is 9.69 Å². The summed E-state index contributed by atoms with van der Waals surface area (Å²) in [5, 5.41) is 11.8. The van der Waals surface area contributed by atoms with Crippen molar-refractivity contribution in [3.8, 4) is 6.07 Å². The quantitative estimate of drug-likeness (QED) is 0.932. The molecule has 1 heterocycles. The summed E-state index contributed by atoms with van der Waals surface area (Å²) >= 11 is 0. The van der Waals surface area contributed by atoms with Crippen LogP contribution >= 0.6 is 0 Å². The van der Waals surface area contributed by atoms with E-state index < -0.39 is 5.82 Å². The summed E-state index contributed by atoms with van der Waals surface area (Å²) in [6, 6.07) is 6.63. The number of nitriles is 1. The first-order valence-electron chi connectivity index (χ1n) is 8.20. The number of carbonyl (C=O) groups excluding carboxylic acids is 1. The third-order valence-electron chi connectivity index (χ3n) is 5.49. The van der Waals surface area contributed by atoms with Crippen molar-refractivity contribution in [3.05, 3.63) is 35.1 Å². The van der Waals surface area contributed by atoms with Gasteiger partial charge in [-0.15, -0.1) is 0 Å². The van der Waals surface area contributed by atoms with Crippen LogP contribution in [0.2, 0.25) is 0 Å². The minimum atomic E-state index is -0.468. The zero-order chi connectivity index (χ0) is 16.4. The molecule has 2 fully saturated rings. The lowest BCUT2D eigenvalue weighted by Crippen LogP contribution is -2.39. The molecule has 3 rings (SSSR count). The molecule has 2 atom stereocenters. The lowest BCUT2D eigenvalue weighted by atomic mass is 9.76. The molecule has 2 aliphatic rings. The summed E-state index contributed by atoms with van der Waals surface area (Å²) in [5.41, 5.74) is 1.15. The number of hydrogen-bond donors (Lipinski definition) is 1. The van der Waals surface area contributed by atoms with Crippen LogP contribution in [0.5, 0.6) is 0 Å². The molecule has 0 aromatic heterocycles. The van der Waals surface area contributed by atoms with Crippen LogP contribution in [0.4, 0.5) is 4.39 Å². The highest BCUT2D eigenvalue weighted by Crippen LogP contribution is 2.50. The van der Waals surface area contributed by atoms with Crippen molar-refractivity contribution >= 4 is 5.91 Å². The number of amides is 1. The summed E-state index contributed by atoms with van der Waals surface area (Å²) < 4.78 is 13.4. The Balaban J connectivity index is 1.71. The zero-order valence-electron chi connectivity index (χ0n) is 13.4. The summed E-state index contributed by atoms with van der Waals surface area (Å²) in [6.45, 7) is 2.56. The van der Waals surface area contributed by atoms with Gasteiger partial charge in [-0.1, -0.05) is 12.5 Å². The average Bonchev–Trinajstić information content (AvgIpc) is 3.16. The number of halogens is 1. The van der Waals surface area contributed by atoms with E-state index in [-0.39, 0.29) is 22.8 Å². The summed E-state index contributed by atoms with van der Waals surface area (Å²) in [5.74, 6) is -0.192. The highest BCUT2D eigenvalue weighted by Gasteiger charge is 2.49. The van der Waals surface area contributed by atoms with Crippen LogP contribution in [0.1, 0.15) is 36.8 Å². The van der Waals surface area contributed by atoms with E-state index in [0.717, 1.165) is 44.3 Å². The van der Waals surface area contributed by atoms with Crippen molar-refractivity contribution in [1.82, 2.24) is 10.2 Å². The van der Waals surface area contributed by atoms with E-state index in [9.17, 15) is 9.18 Å². The van der Waals surface area contributed by atoms with Crippen LogP contribution in [-0.2, 0) is 11.3 Å². The molecule has 1 saturated carbocycles. The maximum absolute atomic E-state index is 13.4. The van der Waals surface area contributed by atoms with Crippen molar-refractivity contribution in [2.45, 2.75) is 32.2 Å². The summed E-state index contributed by atoms with van der Waals surface area (Å²) in [4.78, 5) is 14.5. The molecule has 23 heavy (non-hydrogen) atoms. The van der Waals surface area contributed by atoms with Crippen LogP contribution in [0.3, 0.4) is 0 Å². The van der Waals surface area contributed by atoms with E-state index in [2.05, 4.69) is 10.2 Å². The largest absolute Gasteiger partial charge is 0.359 e. The number of nitrogens with zero attached hydrogens (tertiary/aromatic N) is 2. The van der Waals surface area contributed by atoms with E-state index in [0.29, 0.717) is 6.54 Å². The van der Waals surface area contributed by atoms with Crippen LogP contribution in [-0.4, -0.2) is 30.9 Å². The first-order chi connectivity index (χ1) is 11.1. The number of rotatable bonds is 3. The molecule has 0 bridgehead atoms. The third-order valence-corrected chi connectivity index (χ3v) is 5.49. The van der Waals surface area contributed by atoms with Crippen molar-refractivity contribution in [2.75, 3.05) is 20.1 Å². The lowest BCUT2D eigenvalue weighted by molar-refractivity contribution is -0.127. The van der Waals surface area contributed by atoms with Gasteiger partial charge in [-0.25, -0.2) is 4.39 Å². The molecular weight excluding hydrogens is 293 g/mol. The Bertz CT molecular complexity index is 654. The molecule has 1 aliphatic heterocycles. The third kappa shape index (κ3) is 2.96. The number of likely N-dealkylation sites (tertiary alicyclic amines) is 1. The fourth-order valence-corrected chi connectivity index (χ4v) is 4.34. The van der Waals surface area contributed by atoms with Gasteiger partial charge in [-0.05, 0) is 48.9 Å². The molecule has 122 valence electrons. The van der Waals surface area contributed by atoms with Crippen LogP contribution in [0.25, 0.3) is 0 Å². The van der Waals surface area contributed by atoms with E-state index in [1.54, 1.807) is 19.2 Å². The molecule has 4 nitrogen and oxygen atoms in total. The van der Waals surface area contributed by atoms with E-state index >= 15 is 0 Å². The normalized spacial score (nSPS) is 27.3. The van der Waals surface area contributed by atoms with Gasteiger partial charge in [0.1, 0.15) is 11.9 Å². The van der Waals surface area contributed by atoms with Crippen molar-refractivity contribution in [1.29, 1.82) is 5.26 Å². The molecule has 0 radical (unpaired) electrons. The van der Waals surface area contributed by atoms with Gasteiger partial charge in [-0.2, -0.15) is 5.26 Å². The maximum Gasteiger partial charge on any atom is 0.223 e. The first-order valence-corrected chi connectivity index (χ1v) is 8.20. The van der Waals surface area contributed by atoms with Gasteiger partial charge in [0.2, 0.25) is 5.91 Å². The molecule has 0 unspecified atom stereocenters. The number of hydrogen-bond acceptors (Lipinski definition) is 3. The zero-order valence-corrected chi connectivity index (χ0v) is 13.4. The Morgan fingerprint density at radius 2 is 2.35 bits per heavy atom. The van der Waals surface area contributed by atoms with Crippen LogP contribution < -0.4 is 5.32 Å². The second kappa shape index (κ2) is 6.29. The Morgan fingerprint density at radius 3 is 3.09 bits per heavy atom. The molecule has 1 aromatic carbocycles. The van der Waals surface area contributed by atoms with Gasteiger partial charge < -0.3 is 5.32 Å². The highest BCUT2D eigenvalue weighted by molar-refractivity contribution is 5.79. The fraction of sp³-hybridized carbons (Fsp3) is 0.556. The van der Waals surface area contributed by atoms with Gasteiger partial charge in [0.15, 0.2) is 0 Å². The SMILES string of the molecule is CNC(=O)[C@@H]1CCC[C@]12CCN(Cc1ccc(F)c(C#N)c1)C2. The number of nitrogens with one attached hydrogen (secondary N) is 1. The first kappa shape index (κ1) is 15.9. The van der Waals surface area contributed by atoms with Crippen molar-refractivity contribution in [3.63, 3.8) is 0 Å². The predicted octanol–water partition coefficient (Wildman–Crippen LogP) is 2.44. The molecule has 1 amide bonds. The lowest BCUT2D eigenvalue weighted by Gasteiger charge is -2.30. The molecule has 1 aliphatic carbocycles. The van der Waals surface area contributed by atoms with Gasteiger partial charge in [0.05, 0.1) is 5.56 Å². The van der Waals surface area contributed by atoms with Crippen molar-refractivity contribution < 1.29 is 9.18 Å². The molecular formula is C18H22FN3O. The van der Waals surface area contributed by atoms with E-state index in [4.69, 9.17) is 5.26 Å². The predicted molar refractivity (Wildman–Crippen MR) is 84.8 cm³/mol. The van der Waals surface area contributed by atoms with E-state index in [1.165, 1.54) is 6.07 Å². The highest BCUT2D eigenvalue weighted by atomic mass is 19.1. The summed E-state index contributed by atoms with van der Waals surface area (Å²) in [7, 11) is 1.71. The van der Waals surface area contributed by atoms with E-state index in [1.807, 2.05) is 6.07 Å². The smallest absolute Gasteiger partial charge is 0.223 e. The topological polar surface area (TPSA) is 56.1 Å². The number of benzene rings is 1. The van der Waals surface area contributed by atoms with Gasteiger partial charge in [0, 0.05) is 26.1 Å². The van der Waals surface area contributed by atoms with Crippen molar-refractivity contribution in [2.24, 2.45) is 11.3 Å². The van der Waals surface area contributed by atoms with Gasteiger partial charge >= 0.3 is 0 Å². The Labute approximate surface area is 136 Å². The van der Waals surface area contributed by atoms with Crippen LogP contribution in [0.15, 0.2) is 18.2 Å². The Kier molecular flexibility index (Phi) is 4.36. The standard InChI is InChI=1S/C18H22FN3O/c1-21-17(23)15-3-2-6-18(15)7-8-22(12-18)11-13-4-5-16(19)14(9-13)10-20/h4-5,9,15H,2-3,6-8,11-12H2,1H3,(H,21,23)/t15-,18+/m0/s1.